The minimum absolute atomic E-state index is 0.0914. The Kier molecular flexibility index (Phi) is 6.46. The molecule has 4 rings (SSSR count). The highest BCUT2D eigenvalue weighted by atomic mass is 16.5. The number of hydrogen-bond acceptors (Lipinski definition) is 9. The highest BCUT2D eigenvalue weighted by Crippen LogP contribution is 2.28. The first-order valence-corrected chi connectivity index (χ1v) is 10.5. The lowest BCUT2D eigenvalue weighted by Crippen LogP contribution is -2.37. The van der Waals surface area contributed by atoms with Gasteiger partial charge >= 0.3 is 0 Å². The molecule has 2 aromatic heterocycles. The van der Waals surface area contributed by atoms with E-state index in [-0.39, 0.29) is 24.5 Å². The van der Waals surface area contributed by atoms with Crippen LogP contribution in [0.4, 0.5) is 0 Å². The van der Waals surface area contributed by atoms with Gasteiger partial charge in [0.15, 0.2) is 0 Å². The Morgan fingerprint density at radius 1 is 1.25 bits per heavy atom. The zero-order valence-corrected chi connectivity index (χ0v) is 18.0. The van der Waals surface area contributed by atoms with Crippen LogP contribution in [-0.2, 0) is 13.0 Å². The normalized spacial score (nSPS) is 14.8. The van der Waals surface area contributed by atoms with Crippen molar-refractivity contribution in [3.8, 4) is 34.8 Å². The Morgan fingerprint density at radius 2 is 2.09 bits per heavy atom. The van der Waals surface area contributed by atoms with Crippen LogP contribution in [0, 0.1) is 11.3 Å². The lowest BCUT2D eigenvalue weighted by Gasteiger charge is -2.30. The van der Waals surface area contributed by atoms with Gasteiger partial charge in [0.2, 0.25) is 11.7 Å². The molecule has 0 bridgehead atoms. The predicted molar refractivity (Wildman–Crippen MR) is 116 cm³/mol. The van der Waals surface area contributed by atoms with Crippen molar-refractivity contribution in [2.75, 3.05) is 19.7 Å². The van der Waals surface area contributed by atoms with Gasteiger partial charge in [0.1, 0.15) is 11.6 Å². The highest BCUT2D eigenvalue weighted by molar-refractivity contribution is 5.62. The molecule has 0 saturated carbocycles. The molecule has 0 aliphatic carbocycles. The average Bonchev–Trinajstić information content (AvgIpc) is 3.29. The maximum Gasteiger partial charge on any atom is 0.259 e. The molecule has 2 N–H and O–H groups in total. The van der Waals surface area contributed by atoms with Crippen molar-refractivity contribution in [1.82, 2.24) is 20.0 Å². The molecule has 166 valence electrons. The van der Waals surface area contributed by atoms with Crippen molar-refractivity contribution in [2.45, 2.75) is 39.0 Å². The van der Waals surface area contributed by atoms with E-state index < -0.39 is 6.10 Å². The van der Waals surface area contributed by atoms with E-state index in [2.05, 4.69) is 32.2 Å². The Balaban J connectivity index is 1.53. The van der Waals surface area contributed by atoms with Gasteiger partial charge < -0.3 is 19.5 Å². The summed E-state index contributed by atoms with van der Waals surface area (Å²) in [6, 6.07) is 9.75. The number of aromatic nitrogens is 3. The summed E-state index contributed by atoms with van der Waals surface area (Å²) in [7, 11) is 0. The van der Waals surface area contributed by atoms with E-state index in [1.54, 1.807) is 12.3 Å². The SMILES string of the molecule is CC(C)Oc1ncc(-c2nc(-c3ccc4c(c3)CCN(C[C@@H](O)CO)C4)no2)cc1C#N. The van der Waals surface area contributed by atoms with Gasteiger partial charge in [-0.3, -0.25) is 4.90 Å². The summed E-state index contributed by atoms with van der Waals surface area (Å²) < 4.78 is 11.0. The lowest BCUT2D eigenvalue weighted by molar-refractivity contribution is 0.0551. The number of pyridine rings is 1. The van der Waals surface area contributed by atoms with Crippen LogP contribution < -0.4 is 4.74 Å². The smallest absolute Gasteiger partial charge is 0.259 e. The fourth-order valence-electron chi connectivity index (χ4n) is 3.69. The molecule has 1 aliphatic heterocycles. The van der Waals surface area contributed by atoms with Crippen molar-refractivity contribution in [3.05, 3.63) is 47.2 Å². The van der Waals surface area contributed by atoms with E-state index in [0.29, 0.717) is 23.5 Å². The second kappa shape index (κ2) is 9.44. The zero-order chi connectivity index (χ0) is 22.7. The molecule has 1 atom stereocenters. The van der Waals surface area contributed by atoms with Crippen LogP contribution in [0.15, 0.2) is 35.0 Å². The van der Waals surface area contributed by atoms with E-state index in [4.69, 9.17) is 14.4 Å². The Bertz CT molecular complexity index is 1140. The second-order valence-corrected chi connectivity index (χ2v) is 8.08. The third kappa shape index (κ3) is 4.78. The van der Waals surface area contributed by atoms with Gasteiger partial charge in [0.05, 0.1) is 24.4 Å². The van der Waals surface area contributed by atoms with Crippen LogP contribution in [0.5, 0.6) is 5.88 Å². The molecule has 32 heavy (non-hydrogen) atoms. The first-order valence-electron chi connectivity index (χ1n) is 10.5. The van der Waals surface area contributed by atoms with Crippen molar-refractivity contribution in [3.63, 3.8) is 0 Å². The van der Waals surface area contributed by atoms with Crippen molar-refractivity contribution < 1.29 is 19.5 Å². The standard InChI is InChI=1S/C23H25N5O4/c1-14(2)31-22-18(9-24)8-19(10-25-22)23-26-21(27-32-23)16-3-4-17-11-28(12-20(30)13-29)6-5-15(17)7-16/h3-4,7-8,10,14,20,29-30H,5-6,11-13H2,1-2H3/t20-/m1/s1. The first-order chi connectivity index (χ1) is 15.5. The molecule has 0 spiro atoms. The summed E-state index contributed by atoms with van der Waals surface area (Å²) in [6.07, 6.45) is 1.57. The van der Waals surface area contributed by atoms with Crippen molar-refractivity contribution >= 4 is 0 Å². The van der Waals surface area contributed by atoms with Gasteiger partial charge in [0.25, 0.3) is 5.89 Å². The average molecular weight is 435 g/mol. The molecule has 0 amide bonds. The van der Waals surface area contributed by atoms with Gasteiger partial charge in [-0.1, -0.05) is 17.3 Å². The Morgan fingerprint density at radius 3 is 2.84 bits per heavy atom. The molecular formula is C23H25N5O4. The summed E-state index contributed by atoms with van der Waals surface area (Å²) in [4.78, 5) is 10.8. The molecule has 3 aromatic rings. The summed E-state index contributed by atoms with van der Waals surface area (Å²) in [6.45, 7) is 5.48. The third-order valence-corrected chi connectivity index (χ3v) is 5.23. The summed E-state index contributed by atoms with van der Waals surface area (Å²) in [5.74, 6) is 1.02. The number of rotatable bonds is 7. The third-order valence-electron chi connectivity index (χ3n) is 5.23. The van der Waals surface area contributed by atoms with Crippen molar-refractivity contribution in [1.29, 1.82) is 5.26 Å². The minimum atomic E-state index is -0.726. The number of nitrogens with zero attached hydrogens (tertiary/aromatic N) is 5. The molecule has 3 heterocycles. The number of aliphatic hydroxyl groups is 2. The van der Waals surface area contributed by atoms with Crippen molar-refractivity contribution in [2.24, 2.45) is 0 Å². The van der Waals surface area contributed by atoms with Gasteiger partial charge in [-0.25, -0.2) is 4.98 Å². The van der Waals surface area contributed by atoms with E-state index >= 15 is 0 Å². The molecule has 9 heteroatoms. The maximum atomic E-state index is 9.69. The molecular weight excluding hydrogens is 410 g/mol. The predicted octanol–water partition coefficient (Wildman–Crippen LogP) is 2.17. The zero-order valence-electron chi connectivity index (χ0n) is 18.0. The van der Waals surface area contributed by atoms with Gasteiger partial charge in [-0.15, -0.1) is 0 Å². The Hall–Kier alpha value is -3.32. The quantitative estimate of drug-likeness (QED) is 0.573. The topological polar surface area (TPSA) is 129 Å². The van der Waals surface area contributed by atoms with E-state index in [9.17, 15) is 10.4 Å². The van der Waals surface area contributed by atoms with Gasteiger partial charge in [0, 0.05) is 31.4 Å². The molecule has 0 unspecified atom stereocenters. The van der Waals surface area contributed by atoms with Gasteiger partial charge in [-0.05, 0) is 43.5 Å². The summed E-state index contributed by atoms with van der Waals surface area (Å²) in [5.41, 5.74) is 4.08. The maximum absolute atomic E-state index is 9.69. The number of fused-ring (bicyclic) bond motifs is 1. The first kappa shape index (κ1) is 21.9. The second-order valence-electron chi connectivity index (χ2n) is 8.08. The summed E-state index contributed by atoms with van der Waals surface area (Å²) >= 11 is 0. The van der Waals surface area contributed by atoms with E-state index in [0.717, 1.165) is 25.1 Å². The fraction of sp³-hybridized carbons (Fsp3) is 0.391. The number of aliphatic hydroxyl groups excluding tert-OH is 2. The van der Waals surface area contributed by atoms with Gasteiger partial charge in [-0.2, -0.15) is 10.2 Å². The monoisotopic (exact) mass is 435 g/mol. The number of β-amino-alcohol motifs (C(OH)–C–C–N with tert-alkyl or cyclic N) is 1. The Labute approximate surface area is 185 Å². The van der Waals surface area contributed by atoms with E-state index in [1.807, 2.05) is 26.0 Å². The van der Waals surface area contributed by atoms with Crippen LogP contribution in [0.2, 0.25) is 0 Å². The fourth-order valence-corrected chi connectivity index (χ4v) is 3.69. The van der Waals surface area contributed by atoms with E-state index in [1.165, 1.54) is 11.1 Å². The number of nitriles is 1. The van der Waals surface area contributed by atoms with Crippen LogP contribution in [0.3, 0.4) is 0 Å². The number of benzene rings is 1. The molecule has 1 aromatic carbocycles. The van der Waals surface area contributed by atoms with Crippen LogP contribution in [0.1, 0.15) is 30.5 Å². The molecule has 9 nitrogen and oxygen atoms in total. The molecule has 0 saturated heterocycles. The van der Waals surface area contributed by atoms with Crippen LogP contribution in [-0.4, -0.2) is 62.1 Å². The molecule has 0 fully saturated rings. The largest absolute Gasteiger partial charge is 0.474 e. The lowest BCUT2D eigenvalue weighted by atomic mass is 9.97. The molecule has 0 radical (unpaired) electrons. The minimum Gasteiger partial charge on any atom is -0.474 e. The molecule has 1 aliphatic rings. The van der Waals surface area contributed by atoms with Crippen LogP contribution >= 0.6 is 0 Å². The number of hydrogen-bond donors (Lipinski definition) is 2. The number of ether oxygens (including phenoxy) is 1. The highest BCUT2D eigenvalue weighted by Gasteiger charge is 2.20. The summed E-state index contributed by atoms with van der Waals surface area (Å²) in [5, 5.41) is 32.3. The van der Waals surface area contributed by atoms with Crippen LogP contribution in [0.25, 0.3) is 22.8 Å².